The normalized spacial score (nSPS) is 10.4. The molecule has 0 atom stereocenters. The molecule has 0 radical (unpaired) electrons. The number of rotatable bonds is 6. The van der Waals surface area contributed by atoms with Crippen LogP contribution in [-0.4, -0.2) is 26.7 Å². The molecular weight excluding hydrogens is 230 g/mol. The Morgan fingerprint density at radius 2 is 1.89 bits per heavy atom. The predicted molar refractivity (Wildman–Crippen MR) is 71.3 cm³/mol. The Balaban J connectivity index is 2.83. The first-order chi connectivity index (χ1) is 8.74. The molecule has 1 rings (SSSR count). The summed E-state index contributed by atoms with van der Waals surface area (Å²) in [4.78, 5) is 12.1. The molecule has 4 nitrogen and oxygen atoms in total. The number of hydrogen-bond acceptors (Lipinski definition) is 3. The lowest BCUT2D eigenvalue weighted by atomic mass is 10.1. The van der Waals surface area contributed by atoms with E-state index in [9.17, 15) is 4.79 Å². The van der Waals surface area contributed by atoms with E-state index >= 15 is 0 Å². The number of nitrogens with one attached hydrogen (secondary N) is 1. The van der Waals surface area contributed by atoms with E-state index in [0.29, 0.717) is 23.6 Å². The average Bonchev–Trinajstić information content (AvgIpc) is 2.42. The van der Waals surface area contributed by atoms with Crippen LogP contribution in [0.5, 0.6) is 11.5 Å². The molecule has 1 aromatic rings. The zero-order valence-electron chi connectivity index (χ0n) is 11.0. The van der Waals surface area contributed by atoms with Crippen molar-refractivity contribution in [2.24, 2.45) is 0 Å². The maximum Gasteiger partial charge on any atom is 0.258 e. The van der Waals surface area contributed by atoms with Gasteiger partial charge in [-0.05, 0) is 25.5 Å². The summed E-state index contributed by atoms with van der Waals surface area (Å²) in [6.45, 7) is 2.54. The second kappa shape index (κ2) is 7.37. The van der Waals surface area contributed by atoms with Gasteiger partial charge in [-0.25, -0.2) is 0 Å². The number of benzene rings is 1. The van der Waals surface area contributed by atoms with E-state index in [-0.39, 0.29) is 5.91 Å². The summed E-state index contributed by atoms with van der Waals surface area (Å²) >= 11 is 0. The maximum atomic E-state index is 12.1. The topological polar surface area (TPSA) is 47.6 Å². The molecule has 0 saturated heterocycles. The van der Waals surface area contributed by atoms with Crippen molar-refractivity contribution in [1.29, 1.82) is 0 Å². The molecule has 4 heteroatoms. The summed E-state index contributed by atoms with van der Waals surface area (Å²) in [5.74, 6) is 0.838. The van der Waals surface area contributed by atoms with Crippen LogP contribution in [0.1, 0.15) is 23.7 Å². The van der Waals surface area contributed by atoms with Crippen molar-refractivity contribution in [1.82, 2.24) is 5.32 Å². The van der Waals surface area contributed by atoms with Crippen molar-refractivity contribution in [3.8, 4) is 11.5 Å². The van der Waals surface area contributed by atoms with Crippen molar-refractivity contribution in [3.05, 3.63) is 35.9 Å². The second-order valence-electron chi connectivity index (χ2n) is 3.65. The van der Waals surface area contributed by atoms with Gasteiger partial charge in [0.05, 0.1) is 14.2 Å². The summed E-state index contributed by atoms with van der Waals surface area (Å²) in [7, 11) is 3.07. The van der Waals surface area contributed by atoms with Gasteiger partial charge in [-0.1, -0.05) is 18.2 Å². The summed E-state index contributed by atoms with van der Waals surface area (Å²) in [5, 5.41) is 2.83. The van der Waals surface area contributed by atoms with Crippen molar-refractivity contribution >= 4 is 5.91 Å². The first-order valence-electron chi connectivity index (χ1n) is 5.85. The van der Waals surface area contributed by atoms with E-state index in [1.165, 1.54) is 14.2 Å². The zero-order valence-corrected chi connectivity index (χ0v) is 11.0. The van der Waals surface area contributed by atoms with Crippen LogP contribution >= 0.6 is 0 Å². The monoisotopic (exact) mass is 249 g/mol. The summed E-state index contributed by atoms with van der Waals surface area (Å²) in [6.07, 6.45) is 4.76. The molecule has 1 aromatic carbocycles. The molecule has 0 saturated carbocycles. The third kappa shape index (κ3) is 3.52. The Kier molecular flexibility index (Phi) is 5.77. The summed E-state index contributed by atoms with van der Waals surface area (Å²) in [5.41, 5.74) is 0.433. The lowest BCUT2D eigenvalue weighted by Crippen LogP contribution is -2.25. The fourth-order valence-electron chi connectivity index (χ4n) is 1.60. The predicted octanol–water partition coefficient (Wildman–Crippen LogP) is 2.40. The molecule has 1 amide bonds. The van der Waals surface area contributed by atoms with E-state index in [4.69, 9.17) is 9.47 Å². The number of hydrogen-bond donors (Lipinski definition) is 1. The molecule has 0 aliphatic carbocycles. The van der Waals surface area contributed by atoms with Gasteiger partial charge in [-0.2, -0.15) is 0 Å². The molecule has 0 aromatic heterocycles. The Hall–Kier alpha value is -1.97. The van der Waals surface area contributed by atoms with Gasteiger partial charge in [-0.15, -0.1) is 0 Å². The van der Waals surface area contributed by atoms with Crippen molar-refractivity contribution < 1.29 is 14.3 Å². The quantitative estimate of drug-likeness (QED) is 0.622. The number of allylic oxidation sites excluding steroid dienone is 1. The van der Waals surface area contributed by atoms with Gasteiger partial charge in [0.25, 0.3) is 5.91 Å². The van der Waals surface area contributed by atoms with Crippen LogP contribution in [0.3, 0.4) is 0 Å². The zero-order chi connectivity index (χ0) is 13.4. The first-order valence-corrected chi connectivity index (χ1v) is 5.85. The van der Waals surface area contributed by atoms with Gasteiger partial charge >= 0.3 is 0 Å². The molecular formula is C14H19NO3. The van der Waals surface area contributed by atoms with Crippen LogP contribution in [0.25, 0.3) is 0 Å². The van der Waals surface area contributed by atoms with E-state index in [1.807, 2.05) is 19.1 Å². The lowest BCUT2D eigenvalue weighted by Gasteiger charge is -2.12. The van der Waals surface area contributed by atoms with E-state index in [1.54, 1.807) is 18.2 Å². The van der Waals surface area contributed by atoms with Crippen LogP contribution in [-0.2, 0) is 0 Å². The molecule has 0 bridgehead atoms. The fraction of sp³-hybridized carbons (Fsp3) is 0.357. The van der Waals surface area contributed by atoms with Gasteiger partial charge in [0, 0.05) is 6.54 Å². The Bertz CT molecular complexity index is 405. The third-order valence-electron chi connectivity index (χ3n) is 2.49. The van der Waals surface area contributed by atoms with E-state index in [0.717, 1.165) is 6.42 Å². The number of methoxy groups -OCH3 is 2. The van der Waals surface area contributed by atoms with Crippen LogP contribution in [0.2, 0.25) is 0 Å². The van der Waals surface area contributed by atoms with Crippen LogP contribution in [0.15, 0.2) is 30.4 Å². The smallest absolute Gasteiger partial charge is 0.258 e. The second-order valence-corrected chi connectivity index (χ2v) is 3.65. The third-order valence-corrected chi connectivity index (χ3v) is 2.49. The molecule has 98 valence electrons. The highest BCUT2D eigenvalue weighted by atomic mass is 16.5. The number of amides is 1. The van der Waals surface area contributed by atoms with E-state index < -0.39 is 0 Å². The van der Waals surface area contributed by atoms with Gasteiger partial charge in [0.2, 0.25) is 0 Å². The summed E-state index contributed by atoms with van der Waals surface area (Å²) in [6, 6.07) is 5.26. The van der Waals surface area contributed by atoms with Gasteiger partial charge in [0.1, 0.15) is 17.1 Å². The SMILES string of the molecule is C/C=C/CCNC(=O)c1c(OC)cccc1OC. The lowest BCUT2D eigenvalue weighted by molar-refractivity contribution is 0.0948. The van der Waals surface area contributed by atoms with Crippen LogP contribution < -0.4 is 14.8 Å². The first kappa shape index (κ1) is 14.1. The Morgan fingerprint density at radius 1 is 1.28 bits per heavy atom. The highest BCUT2D eigenvalue weighted by Crippen LogP contribution is 2.27. The minimum Gasteiger partial charge on any atom is -0.496 e. The molecule has 1 N–H and O–H groups in total. The number of ether oxygens (including phenoxy) is 2. The van der Waals surface area contributed by atoms with Crippen molar-refractivity contribution in [2.45, 2.75) is 13.3 Å². The van der Waals surface area contributed by atoms with Crippen LogP contribution in [0.4, 0.5) is 0 Å². The number of carbonyl (C=O) groups excluding carboxylic acids is 1. The van der Waals surface area contributed by atoms with Crippen molar-refractivity contribution in [2.75, 3.05) is 20.8 Å². The summed E-state index contributed by atoms with van der Waals surface area (Å²) < 4.78 is 10.4. The molecule has 0 spiro atoms. The fourth-order valence-corrected chi connectivity index (χ4v) is 1.60. The van der Waals surface area contributed by atoms with Gasteiger partial charge in [-0.3, -0.25) is 4.79 Å². The Labute approximate surface area is 108 Å². The van der Waals surface area contributed by atoms with Gasteiger partial charge < -0.3 is 14.8 Å². The number of carbonyl (C=O) groups is 1. The average molecular weight is 249 g/mol. The minimum absolute atomic E-state index is 0.186. The highest BCUT2D eigenvalue weighted by Gasteiger charge is 2.17. The molecule has 0 heterocycles. The minimum atomic E-state index is -0.186. The molecule has 18 heavy (non-hydrogen) atoms. The highest BCUT2D eigenvalue weighted by molar-refractivity contribution is 5.99. The van der Waals surface area contributed by atoms with Crippen molar-refractivity contribution in [3.63, 3.8) is 0 Å². The van der Waals surface area contributed by atoms with Gasteiger partial charge in [0.15, 0.2) is 0 Å². The Morgan fingerprint density at radius 3 is 2.39 bits per heavy atom. The van der Waals surface area contributed by atoms with E-state index in [2.05, 4.69) is 5.32 Å². The molecule has 0 aliphatic heterocycles. The largest absolute Gasteiger partial charge is 0.496 e. The molecule has 0 aliphatic rings. The standard InChI is InChI=1S/C14H19NO3/c1-4-5-6-10-15-14(16)13-11(17-2)8-7-9-12(13)18-3/h4-5,7-9H,6,10H2,1-3H3,(H,15,16)/b5-4+. The molecule has 0 fully saturated rings. The maximum absolute atomic E-state index is 12.1. The van der Waals surface area contributed by atoms with Crippen LogP contribution in [0, 0.1) is 0 Å². The molecule has 0 unspecified atom stereocenters.